The summed E-state index contributed by atoms with van der Waals surface area (Å²) in [5, 5.41) is 3.54. The number of rotatable bonds is 6. The van der Waals surface area contributed by atoms with Gasteiger partial charge < -0.3 is 10.2 Å². The lowest BCUT2D eigenvalue weighted by molar-refractivity contribution is 0.565. The van der Waals surface area contributed by atoms with Crippen molar-refractivity contribution < 1.29 is 4.39 Å². The molecule has 1 aliphatic carbocycles. The Morgan fingerprint density at radius 3 is 2.53 bits per heavy atom. The highest BCUT2D eigenvalue weighted by Crippen LogP contribution is 2.20. The third-order valence-electron chi connectivity index (χ3n) is 3.31. The Morgan fingerprint density at radius 1 is 1.35 bits per heavy atom. The predicted octanol–water partition coefficient (Wildman–Crippen LogP) is 2.79. The van der Waals surface area contributed by atoms with Gasteiger partial charge in [0.25, 0.3) is 0 Å². The standard InChI is InChI=1S/C14H21FN2/c1-3-17(11(2)10-16-13-6-7-13)14-8-4-12(15)5-9-14/h4-5,8-9,11,13,16H,3,6-7,10H2,1-2H3. The fourth-order valence-corrected chi connectivity index (χ4v) is 2.12. The molecule has 1 atom stereocenters. The molecule has 1 aliphatic rings. The van der Waals surface area contributed by atoms with Gasteiger partial charge in [0.15, 0.2) is 0 Å². The first-order valence-electron chi connectivity index (χ1n) is 6.46. The van der Waals surface area contributed by atoms with Gasteiger partial charge in [0.05, 0.1) is 0 Å². The number of nitrogens with zero attached hydrogens (tertiary/aromatic N) is 1. The maximum absolute atomic E-state index is 12.9. The minimum absolute atomic E-state index is 0.173. The Morgan fingerprint density at radius 2 is 2.00 bits per heavy atom. The molecule has 1 fully saturated rings. The Bertz CT molecular complexity index is 346. The average Bonchev–Trinajstić information content (AvgIpc) is 3.14. The fraction of sp³-hybridized carbons (Fsp3) is 0.571. The summed E-state index contributed by atoms with van der Waals surface area (Å²) < 4.78 is 12.9. The van der Waals surface area contributed by atoms with Crippen LogP contribution in [-0.2, 0) is 0 Å². The lowest BCUT2D eigenvalue weighted by atomic mass is 10.2. The number of hydrogen-bond donors (Lipinski definition) is 1. The van der Waals surface area contributed by atoms with Crippen LogP contribution in [0.5, 0.6) is 0 Å². The van der Waals surface area contributed by atoms with Gasteiger partial charge >= 0.3 is 0 Å². The van der Waals surface area contributed by atoms with E-state index in [1.165, 1.54) is 25.0 Å². The number of benzene rings is 1. The Labute approximate surface area is 103 Å². The molecule has 0 saturated heterocycles. The summed E-state index contributed by atoms with van der Waals surface area (Å²) in [4.78, 5) is 2.30. The second kappa shape index (κ2) is 5.50. The molecule has 0 aromatic heterocycles. The van der Waals surface area contributed by atoms with Crippen LogP contribution in [0, 0.1) is 5.82 Å². The van der Waals surface area contributed by atoms with Gasteiger partial charge in [-0.25, -0.2) is 4.39 Å². The van der Waals surface area contributed by atoms with Gasteiger partial charge in [-0.05, 0) is 51.0 Å². The van der Waals surface area contributed by atoms with Crippen LogP contribution in [0.4, 0.5) is 10.1 Å². The Hall–Kier alpha value is -1.09. The summed E-state index contributed by atoms with van der Waals surface area (Å²) in [7, 11) is 0. The van der Waals surface area contributed by atoms with Gasteiger partial charge in [0.2, 0.25) is 0 Å². The molecular weight excluding hydrogens is 215 g/mol. The average molecular weight is 236 g/mol. The SMILES string of the molecule is CCN(c1ccc(F)cc1)C(C)CNC1CC1. The molecule has 3 heteroatoms. The molecule has 0 radical (unpaired) electrons. The molecule has 1 N–H and O–H groups in total. The van der Waals surface area contributed by atoms with Crippen molar-refractivity contribution in [1.82, 2.24) is 5.32 Å². The zero-order valence-electron chi connectivity index (χ0n) is 10.6. The van der Waals surface area contributed by atoms with E-state index in [-0.39, 0.29) is 5.82 Å². The minimum Gasteiger partial charge on any atom is -0.368 e. The van der Waals surface area contributed by atoms with Crippen molar-refractivity contribution in [2.75, 3.05) is 18.0 Å². The van der Waals surface area contributed by atoms with Gasteiger partial charge in [-0.15, -0.1) is 0 Å². The summed E-state index contributed by atoms with van der Waals surface area (Å²) in [6.07, 6.45) is 2.63. The van der Waals surface area contributed by atoms with E-state index >= 15 is 0 Å². The topological polar surface area (TPSA) is 15.3 Å². The predicted molar refractivity (Wildman–Crippen MR) is 69.9 cm³/mol. The molecule has 17 heavy (non-hydrogen) atoms. The van der Waals surface area contributed by atoms with Crippen LogP contribution in [0.1, 0.15) is 26.7 Å². The summed E-state index contributed by atoms with van der Waals surface area (Å²) in [6.45, 7) is 6.29. The van der Waals surface area contributed by atoms with E-state index in [9.17, 15) is 4.39 Å². The van der Waals surface area contributed by atoms with Gasteiger partial charge in [-0.2, -0.15) is 0 Å². The highest BCUT2D eigenvalue weighted by molar-refractivity contribution is 5.47. The maximum atomic E-state index is 12.9. The van der Waals surface area contributed by atoms with Crippen molar-refractivity contribution in [3.63, 3.8) is 0 Å². The first-order valence-corrected chi connectivity index (χ1v) is 6.46. The second-order valence-electron chi connectivity index (χ2n) is 4.79. The first kappa shape index (κ1) is 12.4. The highest BCUT2D eigenvalue weighted by atomic mass is 19.1. The van der Waals surface area contributed by atoms with Crippen molar-refractivity contribution in [2.45, 2.75) is 38.8 Å². The molecule has 1 aromatic carbocycles. The molecule has 0 amide bonds. The molecule has 1 unspecified atom stereocenters. The molecule has 0 heterocycles. The zero-order chi connectivity index (χ0) is 12.3. The molecular formula is C14H21FN2. The monoisotopic (exact) mass is 236 g/mol. The van der Waals surface area contributed by atoms with Crippen LogP contribution in [0.3, 0.4) is 0 Å². The van der Waals surface area contributed by atoms with Crippen molar-refractivity contribution in [3.8, 4) is 0 Å². The van der Waals surface area contributed by atoms with Crippen molar-refractivity contribution in [3.05, 3.63) is 30.1 Å². The van der Waals surface area contributed by atoms with E-state index in [0.29, 0.717) is 6.04 Å². The van der Waals surface area contributed by atoms with Crippen LogP contribution in [0.2, 0.25) is 0 Å². The van der Waals surface area contributed by atoms with E-state index in [0.717, 1.165) is 24.8 Å². The van der Waals surface area contributed by atoms with E-state index in [1.54, 1.807) is 0 Å². The lowest BCUT2D eigenvalue weighted by Gasteiger charge is -2.30. The molecule has 0 aliphatic heterocycles. The van der Waals surface area contributed by atoms with E-state index in [1.807, 2.05) is 12.1 Å². The van der Waals surface area contributed by atoms with Gasteiger partial charge in [0.1, 0.15) is 5.82 Å². The summed E-state index contributed by atoms with van der Waals surface area (Å²) >= 11 is 0. The fourth-order valence-electron chi connectivity index (χ4n) is 2.12. The van der Waals surface area contributed by atoms with Crippen LogP contribution in [0.15, 0.2) is 24.3 Å². The number of hydrogen-bond acceptors (Lipinski definition) is 2. The summed E-state index contributed by atoms with van der Waals surface area (Å²) in [6, 6.07) is 7.94. The number of halogens is 1. The van der Waals surface area contributed by atoms with Crippen molar-refractivity contribution >= 4 is 5.69 Å². The van der Waals surface area contributed by atoms with Crippen LogP contribution >= 0.6 is 0 Å². The molecule has 2 nitrogen and oxygen atoms in total. The van der Waals surface area contributed by atoms with Crippen LogP contribution in [0.25, 0.3) is 0 Å². The number of likely N-dealkylation sites (N-methyl/N-ethyl adjacent to an activating group) is 1. The van der Waals surface area contributed by atoms with Gasteiger partial charge in [-0.3, -0.25) is 0 Å². The smallest absolute Gasteiger partial charge is 0.123 e. The van der Waals surface area contributed by atoms with Crippen LogP contribution in [-0.4, -0.2) is 25.2 Å². The minimum atomic E-state index is -0.173. The van der Waals surface area contributed by atoms with Crippen LogP contribution < -0.4 is 10.2 Å². The normalized spacial score (nSPS) is 16.9. The Balaban J connectivity index is 1.95. The second-order valence-corrected chi connectivity index (χ2v) is 4.79. The zero-order valence-corrected chi connectivity index (χ0v) is 10.6. The summed E-state index contributed by atoms with van der Waals surface area (Å²) in [5.41, 5.74) is 1.10. The van der Waals surface area contributed by atoms with Gasteiger partial charge in [0, 0.05) is 30.9 Å². The number of anilines is 1. The molecule has 1 saturated carbocycles. The van der Waals surface area contributed by atoms with Crippen molar-refractivity contribution in [1.29, 1.82) is 0 Å². The van der Waals surface area contributed by atoms with E-state index in [2.05, 4.69) is 24.1 Å². The maximum Gasteiger partial charge on any atom is 0.123 e. The molecule has 2 rings (SSSR count). The summed E-state index contributed by atoms with van der Waals surface area (Å²) in [5.74, 6) is -0.173. The molecule has 0 spiro atoms. The van der Waals surface area contributed by atoms with Crippen molar-refractivity contribution in [2.24, 2.45) is 0 Å². The molecule has 0 bridgehead atoms. The van der Waals surface area contributed by atoms with Gasteiger partial charge in [-0.1, -0.05) is 0 Å². The molecule has 1 aromatic rings. The highest BCUT2D eigenvalue weighted by Gasteiger charge is 2.22. The first-order chi connectivity index (χ1) is 8.20. The van der Waals surface area contributed by atoms with E-state index < -0.39 is 0 Å². The number of nitrogens with one attached hydrogen (secondary N) is 1. The lowest BCUT2D eigenvalue weighted by Crippen LogP contribution is -2.41. The van der Waals surface area contributed by atoms with E-state index in [4.69, 9.17) is 0 Å². The largest absolute Gasteiger partial charge is 0.368 e. The quantitative estimate of drug-likeness (QED) is 0.817. The molecule has 94 valence electrons. The third-order valence-corrected chi connectivity index (χ3v) is 3.31. The Kier molecular flexibility index (Phi) is 4.00. The third kappa shape index (κ3) is 3.43.